The Morgan fingerprint density at radius 1 is 0.872 bits per heavy atom. The molecule has 1 aliphatic rings. The lowest BCUT2D eigenvalue weighted by atomic mass is 9.92. The molecule has 0 bridgehead atoms. The van der Waals surface area contributed by atoms with E-state index in [9.17, 15) is 9.59 Å². The Hall–Kier alpha value is -4.52. The van der Waals surface area contributed by atoms with E-state index in [-0.39, 0.29) is 18.7 Å². The minimum atomic E-state index is -0.200. The smallest absolute Gasteiger partial charge is 0.306 e. The van der Waals surface area contributed by atoms with Crippen molar-refractivity contribution < 1.29 is 28.5 Å². The Morgan fingerprint density at radius 3 is 2.13 bits per heavy atom. The number of rotatable bonds is 11. The van der Waals surface area contributed by atoms with Gasteiger partial charge in [0.05, 0.1) is 12.2 Å². The zero-order valence-corrected chi connectivity index (χ0v) is 22.5. The van der Waals surface area contributed by atoms with Gasteiger partial charge in [-0.2, -0.15) is 0 Å². The topological polar surface area (TPSA) is 74.3 Å². The molecule has 1 aliphatic heterocycles. The van der Waals surface area contributed by atoms with Crippen molar-refractivity contribution in [2.45, 2.75) is 26.2 Å². The SMILES string of the molecule is CCOC(=O)CCc1ccc(Oc2ccc(C(C(=O)N(C)C)=C(Cc3ccccc3)C3=COCO3)cc2)cc1. The van der Waals surface area contributed by atoms with E-state index in [2.05, 4.69) is 0 Å². The van der Waals surface area contributed by atoms with Gasteiger partial charge >= 0.3 is 5.97 Å². The van der Waals surface area contributed by atoms with Crippen molar-refractivity contribution in [3.63, 3.8) is 0 Å². The molecule has 3 aromatic carbocycles. The van der Waals surface area contributed by atoms with Crippen molar-refractivity contribution in [1.82, 2.24) is 4.90 Å². The first kappa shape index (κ1) is 27.5. The second-order valence-electron chi connectivity index (χ2n) is 9.20. The van der Waals surface area contributed by atoms with E-state index in [4.69, 9.17) is 18.9 Å². The highest BCUT2D eigenvalue weighted by Crippen LogP contribution is 2.32. The largest absolute Gasteiger partial charge is 0.466 e. The van der Waals surface area contributed by atoms with E-state index >= 15 is 0 Å². The third kappa shape index (κ3) is 7.51. The number of hydrogen-bond donors (Lipinski definition) is 0. The molecule has 1 amide bonds. The average Bonchev–Trinajstić information content (AvgIpc) is 3.49. The summed E-state index contributed by atoms with van der Waals surface area (Å²) in [5.74, 6) is 1.53. The molecular formula is C32H33NO6. The molecule has 7 heteroatoms. The molecule has 0 fully saturated rings. The Morgan fingerprint density at radius 2 is 1.54 bits per heavy atom. The van der Waals surface area contributed by atoms with Crippen molar-refractivity contribution in [2.24, 2.45) is 0 Å². The van der Waals surface area contributed by atoms with Gasteiger partial charge in [0, 0.05) is 32.5 Å². The third-order valence-electron chi connectivity index (χ3n) is 6.14. The second kappa shape index (κ2) is 13.3. The number of likely N-dealkylation sites (N-methyl/N-ethyl adjacent to an activating group) is 1. The van der Waals surface area contributed by atoms with Crippen LogP contribution in [0.1, 0.15) is 30.0 Å². The molecular weight excluding hydrogens is 494 g/mol. The predicted molar refractivity (Wildman–Crippen MR) is 149 cm³/mol. The van der Waals surface area contributed by atoms with Crippen LogP contribution < -0.4 is 4.74 Å². The van der Waals surface area contributed by atoms with Crippen LogP contribution in [0.4, 0.5) is 0 Å². The molecule has 0 spiro atoms. The molecule has 3 aromatic rings. The summed E-state index contributed by atoms with van der Waals surface area (Å²) in [6, 6.07) is 25.0. The van der Waals surface area contributed by atoms with Crippen LogP contribution in [0, 0.1) is 0 Å². The van der Waals surface area contributed by atoms with Gasteiger partial charge in [-0.1, -0.05) is 54.6 Å². The molecule has 4 rings (SSSR count). The van der Waals surface area contributed by atoms with Gasteiger partial charge in [-0.3, -0.25) is 9.59 Å². The van der Waals surface area contributed by atoms with Gasteiger partial charge < -0.3 is 23.8 Å². The van der Waals surface area contributed by atoms with Gasteiger partial charge in [-0.05, 0) is 54.3 Å². The Balaban J connectivity index is 1.57. The average molecular weight is 528 g/mol. The summed E-state index contributed by atoms with van der Waals surface area (Å²) in [5, 5.41) is 0. The first-order chi connectivity index (χ1) is 18.9. The number of esters is 1. The Labute approximate surface area is 229 Å². The second-order valence-corrected chi connectivity index (χ2v) is 9.20. The number of carbonyl (C=O) groups excluding carboxylic acids is 2. The van der Waals surface area contributed by atoms with E-state index < -0.39 is 0 Å². The van der Waals surface area contributed by atoms with Gasteiger partial charge in [0.15, 0.2) is 5.76 Å². The van der Waals surface area contributed by atoms with Gasteiger partial charge in [0.2, 0.25) is 6.79 Å². The molecule has 1 heterocycles. The summed E-state index contributed by atoms with van der Waals surface area (Å²) in [6.07, 6.45) is 3.03. The lowest BCUT2D eigenvalue weighted by Gasteiger charge is -2.19. The quantitative estimate of drug-likeness (QED) is 0.228. The third-order valence-corrected chi connectivity index (χ3v) is 6.14. The van der Waals surface area contributed by atoms with Gasteiger partial charge in [0.25, 0.3) is 5.91 Å². The summed E-state index contributed by atoms with van der Waals surface area (Å²) >= 11 is 0. The molecule has 0 aromatic heterocycles. The molecule has 0 unspecified atom stereocenters. The Kier molecular flexibility index (Phi) is 9.40. The number of amides is 1. The summed E-state index contributed by atoms with van der Waals surface area (Å²) in [7, 11) is 3.47. The summed E-state index contributed by atoms with van der Waals surface area (Å²) in [6.45, 7) is 2.30. The lowest BCUT2D eigenvalue weighted by Crippen LogP contribution is -2.24. The summed E-state index contributed by atoms with van der Waals surface area (Å²) < 4.78 is 22.1. The maximum Gasteiger partial charge on any atom is 0.306 e. The molecule has 0 saturated carbocycles. The van der Waals surface area contributed by atoms with E-state index in [0.29, 0.717) is 48.7 Å². The van der Waals surface area contributed by atoms with Crippen LogP contribution in [0.25, 0.3) is 5.57 Å². The fourth-order valence-electron chi connectivity index (χ4n) is 4.18. The number of allylic oxidation sites excluding steroid dienone is 1. The number of benzene rings is 3. The van der Waals surface area contributed by atoms with Crippen molar-refractivity contribution in [1.29, 1.82) is 0 Å². The maximum absolute atomic E-state index is 13.5. The first-order valence-electron chi connectivity index (χ1n) is 12.9. The van der Waals surface area contributed by atoms with E-state index in [1.54, 1.807) is 32.2 Å². The number of hydrogen-bond acceptors (Lipinski definition) is 6. The fourth-order valence-corrected chi connectivity index (χ4v) is 4.18. The van der Waals surface area contributed by atoms with Crippen molar-refractivity contribution in [3.8, 4) is 11.5 Å². The van der Waals surface area contributed by atoms with Crippen LogP contribution in [0.15, 0.2) is 96.5 Å². The molecule has 202 valence electrons. The zero-order valence-electron chi connectivity index (χ0n) is 22.5. The minimum absolute atomic E-state index is 0.117. The normalized spacial score (nSPS) is 12.9. The van der Waals surface area contributed by atoms with Gasteiger partial charge in [0.1, 0.15) is 17.8 Å². The van der Waals surface area contributed by atoms with E-state index in [1.165, 1.54) is 0 Å². The number of ether oxygens (including phenoxy) is 4. The highest BCUT2D eigenvalue weighted by Gasteiger charge is 2.25. The summed E-state index contributed by atoms with van der Waals surface area (Å²) in [5.41, 5.74) is 4.12. The molecule has 39 heavy (non-hydrogen) atoms. The standard InChI is InChI=1S/C32H33NO6/c1-4-37-30(34)19-12-23-10-15-26(16-11-23)39-27-17-13-25(14-18-27)31(32(35)33(2)3)28(29-21-36-22-38-29)20-24-8-6-5-7-9-24/h5-11,13-18,21H,4,12,19-20,22H2,1-3H3. The summed E-state index contributed by atoms with van der Waals surface area (Å²) in [4.78, 5) is 26.6. The van der Waals surface area contributed by atoms with Crippen LogP contribution in [-0.4, -0.2) is 44.3 Å². The monoisotopic (exact) mass is 527 g/mol. The number of carbonyl (C=O) groups is 2. The molecule has 0 saturated heterocycles. The Bertz CT molecular complexity index is 1330. The van der Waals surface area contributed by atoms with Crippen LogP contribution in [0.3, 0.4) is 0 Å². The van der Waals surface area contributed by atoms with Crippen LogP contribution in [0.2, 0.25) is 0 Å². The van der Waals surface area contributed by atoms with Crippen molar-refractivity contribution >= 4 is 17.4 Å². The van der Waals surface area contributed by atoms with E-state index in [0.717, 1.165) is 22.3 Å². The van der Waals surface area contributed by atoms with Crippen LogP contribution >= 0.6 is 0 Å². The fraction of sp³-hybridized carbons (Fsp3) is 0.250. The minimum Gasteiger partial charge on any atom is -0.466 e. The number of nitrogens with zero attached hydrogens (tertiary/aromatic N) is 1. The molecule has 0 aliphatic carbocycles. The van der Waals surface area contributed by atoms with Gasteiger partial charge in [-0.15, -0.1) is 0 Å². The van der Waals surface area contributed by atoms with E-state index in [1.807, 2.05) is 78.9 Å². The lowest BCUT2D eigenvalue weighted by molar-refractivity contribution is -0.143. The zero-order chi connectivity index (χ0) is 27.6. The molecule has 0 atom stereocenters. The highest BCUT2D eigenvalue weighted by molar-refractivity contribution is 6.21. The molecule has 7 nitrogen and oxygen atoms in total. The van der Waals surface area contributed by atoms with Crippen molar-refractivity contribution in [2.75, 3.05) is 27.5 Å². The van der Waals surface area contributed by atoms with Crippen LogP contribution in [0.5, 0.6) is 11.5 Å². The highest BCUT2D eigenvalue weighted by atomic mass is 16.7. The predicted octanol–water partition coefficient (Wildman–Crippen LogP) is 5.90. The first-order valence-corrected chi connectivity index (χ1v) is 12.9. The maximum atomic E-state index is 13.5. The molecule has 0 N–H and O–H groups in total. The number of aryl methyl sites for hydroxylation is 1. The molecule has 0 radical (unpaired) electrons. The van der Waals surface area contributed by atoms with Crippen LogP contribution in [-0.2, 0) is 36.6 Å². The van der Waals surface area contributed by atoms with Crippen molar-refractivity contribution in [3.05, 3.63) is 113 Å². The van der Waals surface area contributed by atoms with Gasteiger partial charge in [-0.25, -0.2) is 0 Å².